The number of rotatable bonds is 3. The summed E-state index contributed by atoms with van der Waals surface area (Å²) in [6.45, 7) is 8.87. The van der Waals surface area contributed by atoms with E-state index in [0.717, 1.165) is 17.0 Å². The molecular formula is C16H21N3O. The van der Waals surface area contributed by atoms with Crippen LogP contribution in [0.25, 0.3) is 11.4 Å². The highest BCUT2D eigenvalue weighted by Gasteiger charge is 2.19. The fraction of sp³-hybridized carbons (Fsp3) is 0.375. The number of para-hydroxylation sites is 1. The first kappa shape index (κ1) is 14.3. The Bertz CT molecular complexity index is 603. The molecule has 0 aliphatic carbocycles. The first-order chi connectivity index (χ1) is 9.41. The van der Waals surface area contributed by atoms with Crippen LogP contribution in [0.1, 0.15) is 33.4 Å². The molecule has 2 rings (SSSR count). The Hall–Kier alpha value is -2.10. The summed E-state index contributed by atoms with van der Waals surface area (Å²) >= 11 is 0. The van der Waals surface area contributed by atoms with Crippen LogP contribution >= 0.6 is 0 Å². The van der Waals surface area contributed by atoms with Crippen molar-refractivity contribution in [3.05, 3.63) is 36.0 Å². The fourth-order valence-electron chi connectivity index (χ4n) is 1.90. The topological polar surface area (TPSA) is 61.0 Å². The van der Waals surface area contributed by atoms with Gasteiger partial charge in [-0.2, -0.15) is 0 Å². The molecule has 106 valence electrons. The Morgan fingerprint density at radius 2 is 1.85 bits per heavy atom. The molecule has 0 amide bonds. The van der Waals surface area contributed by atoms with Gasteiger partial charge in [0.2, 0.25) is 0 Å². The maximum atomic E-state index is 5.93. The molecule has 2 aromatic rings. The summed E-state index contributed by atoms with van der Waals surface area (Å²) < 4.78 is 5.64. The summed E-state index contributed by atoms with van der Waals surface area (Å²) in [4.78, 5) is 8.99. The van der Waals surface area contributed by atoms with Crippen molar-refractivity contribution in [1.82, 2.24) is 9.97 Å². The van der Waals surface area contributed by atoms with Crippen molar-refractivity contribution in [3.8, 4) is 17.1 Å². The molecule has 1 aromatic heterocycles. The number of nitrogens with zero attached hydrogens (tertiary/aromatic N) is 2. The quantitative estimate of drug-likeness (QED) is 0.929. The number of nitrogens with two attached hydrogens (primary N) is 1. The second-order valence-electron chi connectivity index (χ2n) is 5.68. The molecule has 20 heavy (non-hydrogen) atoms. The lowest BCUT2D eigenvalue weighted by Gasteiger charge is -2.19. The van der Waals surface area contributed by atoms with Crippen LogP contribution in [0.2, 0.25) is 0 Å². The minimum atomic E-state index is -0.0770. The number of aromatic nitrogens is 2. The van der Waals surface area contributed by atoms with Gasteiger partial charge in [0.1, 0.15) is 11.6 Å². The highest BCUT2D eigenvalue weighted by atomic mass is 16.5. The zero-order chi connectivity index (χ0) is 14.8. The summed E-state index contributed by atoms with van der Waals surface area (Å²) in [5.41, 5.74) is 7.64. The van der Waals surface area contributed by atoms with Gasteiger partial charge in [0, 0.05) is 11.5 Å². The molecule has 0 unspecified atom stereocenters. The van der Waals surface area contributed by atoms with Crippen LogP contribution in [0, 0.1) is 0 Å². The van der Waals surface area contributed by atoms with E-state index in [-0.39, 0.29) is 5.41 Å². The zero-order valence-electron chi connectivity index (χ0n) is 12.5. The zero-order valence-corrected chi connectivity index (χ0v) is 12.5. The van der Waals surface area contributed by atoms with E-state index in [4.69, 9.17) is 10.5 Å². The van der Waals surface area contributed by atoms with E-state index < -0.39 is 0 Å². The summed E-state index contributed by atoms with van der Waals surface area (Å²) in [7, 11) is 0. The van der Waals surface area contributed by atoms with Crippen LogP contribution in [0.5, 0.6) is 5.75 Å². The van der Waals surface area contributed by atoms with E-state index in [9.17, 15) is 0 Å². The van der Waals surface area contributed by atoms with Gasteiger partial charge in [0.05, 0.1) is 17.9 Å². The highest BCUT2D eigenvalue weighted by Crippen LogP contribution is 2.30. The Labute approximate surface area is 120 Å². The van der Waals surface area contributed by atoms with Gasteiger partial charge in [-0.3, -0.25) is 0 Å². The number of nitrogen functional groups attached to an aromatic ring is 1. The Balaban J connectivity index is 2.56. The fourth-order valence-corrected chi connectivity index (χ4v) is 1.90. The van der Waals surface area contributed by atoms with Gasteiger partial charge >= 0.3 is 0 Å². The van der Waals surface area contributed by atoms with Gasteiger partial charge < -0.3 is 10.5 Å². The van der Waals surface area contributed by atoms with Crippen molar-refractivity contribution >= 4 is 5.82 Å². The lowest BCUT2D eigenvalue weighted by Crippen LogP contribution is -2.15. The molecule has 0 spiro atoms. The molecule has 0 saturated heterocycles. The van der Waals surface area contributed by atoms with Gasteiger partial charge in [-0.15, -0.1) is 0 Å². The third-order valence-electron chi connectivity index (χ3n) is 2.94. The average molecular weight is 271 g/mol. The van der Waals surface area contributed by atoms with Crippen molar-refractivity contribution < 1.29 is 4.74 Å². The van der Waals surface area contributed by atoms with E-state index in [1.165, 1.54) is 0 Å². The summed E-state index contributed by atoms with van der Waals surface area (Å²) in [6, 6.07) is 9.58. The van der Waals surface area contributed by atoms with Crippen LogP contribution in [0.3, 0.4) is 0 Å². The molecule has 4 nitrogen and oxygen atoms in total. The Kier molecular flexibility index (Phi) is 3.93. The van der Waals surface area contributed by atoms with E-state index in [1.807, 2.05) is 37.3 Å². The SMILES string of the molecule is CCOc1ccccc1-c1nc(N)cc(C(C)(C)C)n1. The monoisotopic (exact) mass is 271 g/mol. The van der Waals surface area contributed by atoms with Crippen molar-refractivity contribution in [2.75, 3.05) is 12.3 Å². The predicted molar refractivity (Wildman–Crippen MR) is 81.7 cm³/mol. The summed E-state index contributed by atoms with van der Waals surface area (Å²) in [5.74, 6) is 1.87. The molecular weight excluding hydrogens is 250 g/mol. The van der Waals surface area contributed by atoms with E-state index in [1.54, 1.807) is 0 Å². The predicted octanol–water partition coefficient (Wildman–Crippen LogP) is 3.42. The van der Waals surface area contributed by atoms with E-state index >= 15 is 0 Å². The van der Waals surface area contributed by atoms with Crippen molar-refractivity contribution in [1.29, 1.82) is 0 Å². The molecule has 0 radical (unpaired) electrons. The molecule has 2 N–H and O–H groups in total. The van der Waals surface area contributed by atoms with Crippen molar-refractivity contribution in [2.45, 2.75) is 33.1 Å². The molecule has 1 aromatic carbocycles. The molecule has 0 aliphatic rings. The first-order valence-electron chi connectivity index (χ1n) is 6.79. The minimum absolute atomic E-state index is 0.0770. The maximum Gasteiger partial charge on any atom is 0.165 e. The van der Waals surface area contributed by atoms with Crippen LogP contribution in [-0.2, 0) is 5.41 Å². The van der Waals surface area contributed by atoms with Gasteiger partial charge in [-0.1, -0.05) is 32.9 Å². The van der Waals surface area contributed by atoms with Crippen LogP contribution < -0.4 is 10.5 Å². The lowest BCUT2D eigenvalue weighted by molar-refractivity contribution is 0.341. The Morgan fingerprint density at radius 3 is 2.50 bits per heavy atom. The third-order valence-corrected chi connectivity index (χ3v) is 2.94. The number of ether oxygens (including phenoxy) is 1. The minimum Gasteiger partial charge on any atom is -0.493 e. The van der Waals surface area contributed by atoms with Crippen LogP contribution in [0.4, 0.5) is 5.82 Å². The van der Waals surface area contributed by atoms with Gasteiger partial charge in [-0.25, -0.2) is 9.97 Å². The summed E-state index contributed by atoms with van der Waals surface area (Å²) in [6.07, 6.45) is 0. The summed E-state index contributed by atoms with van der Waals surface area (Å²) in [5, 5.41) is 0. The van der Waals surface area contributed by atoms with Crippen molar-refractivity contribution in [2.24, 2.45) is 0 Å². The molecule has 0 fully saturated rings. The smallest absolute Gasteiger partial charge is 0.165 e. The third kappa shape index (κ3) is 3.07. The molecule has 1 heterocycles. The largest absolute Gasteiger partial charge is 0.493 e. The van der Waals surface area contributed by atoms with Gasteiger partial charge in [0.25, 0.3) is 0 Å². The number of benzene rings is 1. The lowest BCUT2D eigenvalue weighted by atomic mass is 9.92. The van der Waals surface area contributed by atoms with Gasteiger partial charge in [0.15, 0.2) is 5.82 Å². The first-order valence-corrected chi connectivity index (χ1v) is 6.79. The second-order valence-corrected chi connectivity index (χ2v) is 5.68. The molecule has 0 saturated carbocycles. The standard InChI is InChI=1S/C16H21N3O/c1-5-20-12-9-7-6-8-11(12)15-18-13(16(2,3)4)10-14(17)19-15/h6-10H,5H2,1-4H3,(H2,17,18,19). The number of anilines is 1. The number of hydrogen-bond donors (Lipinski definition) is 1. The number of hydrogen-bond acceptors (Lipinski definition) is 4. The van der Waals surface area contributed by atoms with Crippen LogP contribution in [0.15, 0.2) is 30.3 Å². The van der Waals surface area contributed by atoms with E-state index in [2.05, 4.69) is 30.7 Å². The molecule has 0 bridgehead atoms. The second kappa shape index (κ2) is 5.49. The van der Waals surface area contributed by atoms with E-state index in [0.29, 0.717) is 18.2 Å². The molecule has 0 aliphatic heterocycles. The van der Waals surface area contributed by atoms with Crippen LogP contribution in [-0.4, -0.2) is 16.6 Å². The maximum absolute atomic E-state index is 5.93. The Morgan fingerprint density at radius 1 is 1.15 bits per heavy atom. The normalized spacial score (nSPS) is 11.4. The highest BCUT2D eigenvalue weighted by molar-refractivity contribution is 5.65. The molecule has 4 heteroatoms. The average Bonchev–Trinajstić information content (AvgIpc) is 2.38. The van der Waals surface area contributed by atoms with Gasteiger partial charge in [-0.05, 0) is 19.1 Å². The molecule has 0 atom stereocenters. The van der Waals surface area contributed by atoms with Crippen molar-refractivity contribution in [3.63, 3.8) is 0 Å².